The molecule has 0 amide bonds. The molecule has 0 atom stereocenters. The molecule has 0 unspecified atom stereocenters. The summed E-state index contributed by atoms with van der Waals surface area (Å²) in [5.41, 5.74) is 0. The maximum absolute atomic E-state index is 12.8. The van der Waals surface area contributed by atoms with Gasteiger partial charge in [-0.15, -0.1) is 11.3 Å². The SMILES string of the molecule is Fc1ccc2sc(Br)c(I)c2c1. The number of benzene rings is 1. The molecule has 1 aromatic heterocycles. The highest BCUT2D eigenvalue weighted by Crippen LogP contribution is 2.36. The van der Waals surface area contributed by atoms with Crippen molar-refractivity contribution in [3.05, 3.63) is 31.4 Å². The second kappa shape index (κ2) is 3.23. The summed E-state index contributed by atoms with van der Waals surface area (Å²) in [4.78, 5) is 0. The van der Waals surface area contributed by atoms with Crippen LogP contribution in [0.2, 0.25) is 0 Å². The van der Waals surface area contributed by atoms with Gasteiger partial charge < -0.3 is 0 Å². The number of rotatable bonds is 0. The summed E-state index contributed by atoms with van der Waals surface area (Å²) in [5, 5.41) is 0.993. The van der Waals surface area contributed by atoms with Crippen LogP contribution < -0.4 is 0 Å². The van der Waals surface area contributed by atoms with Crippen molar-refractivity contribution in [3.8, 4) is 0 Å². The molecule has 2 rings (SSSR count). The second-order valence-corrected chi connectivity index (χ2v) is 5.78. The maximum Gasteiger partial charge on any atom is 0.123 e. The van der Waals surface area contributed by atoms with E-state index in [-0.39, 0.29) is 5.82 Å². The van der Waals surface area contributed by atoms with Crippen molar-refractivity contribution in [3.63, 3.8) is 0 Å². The van der Waals surface area contributed by atoms with Crippen molar-refractivity contribution in [2.24, 2.45) is 0 Å². The van der Waals surface area contributed by atoms with E-state index in [9.17, 15) is 4.39 Å². The number of halogens is 3. The van der Waals surface area contributed by atoms with Crippen molar-refractivity contribution in [1.29, 1.82) is 0 Å². The highest BCUT2D eigenvalue weighted by Gasteiger charge is 2.07. The van der Waals surface area contributed by atoms with E-state index in [2.05, 4.69) is 38.5 Å². The van der Waals surface area contributed by atoms with Crippen LogP contribution in [0.3, 0.4) is 0 Å². The lowest BCUT2D eigenvalue weighted by molar-refractivity contribution is 0.630. The van der Waals surface area contributed by atoms with Gasteiger partial charge in [-0.3, -0.25) is 0 Å². The summed E-state index contributed by atoms with van der Waals surface area (Å²) in [6, 6.07) is 4.86. The van der Waals surface area contributed by atoms with Gasteiger partial charge in [-0.25, -0.2) is 4.39 Å². The molecule has 0 bridgehead atoms. The van der Waals surface area contributed by atoms with Crippen LogP contribution in [0.1, 0.15) is 0 Å². The number of thiophene rings is 1. The fourth-order valence-electron chi connectivity index (χ4n) is 1.01. The third-order valence-corrected chi connectivity index (χ3v) is 5.62. The molecule has 1 aromatic carbocycles. The monoisotopic (exact) mass is 356 g/mol. The first kappa shape index (κ1) is 8.90. The summed E-state index contributed by atoms with van der Waals surface area (Å²) in [6.07, 6.45) is 0. The van der Waals surface area contributed by atoms with Gasteiger partial charge in [0.25, 0.3) is 0 Å². The maximum atomic E-state index is 12.8. The normalized spacial score (nSPS) is 10.9. The van der Waals surface area contributed by atoms with Gasteiger partial charge in [0.2, 0.25) is 0 Å². The minimum atomic E-state index is -0.175. The van der Waals surface area contributed by atoms with Gasteiger partial charge in [0, 0.05) is 13.7 Å². The first-order valence-corrected chi connectivity index (χ1v) is 5.90. The Labute approximate surface area is 95.0 Å². The zero-order valence-electron chi connectivity index (χ0n) is 5.77. The molecule has 0 aliphatic heterocycles. The highest BCUT2D eigenvalue weighted by molar-refractivity contribution is 14.1. The molecular formula is C8H3BrFIS. The molecule has 0 nitrogen and oxygen atoms in total. The van der Waals surface area contributed by atoms with Crippen LogP contribution in [0.4, 0.5) is 4.39 Å². The molecule has 62 valence electrons. The molecule has 0 fully saturated rings. The van der Waals surface area contributed by atoms with E-state index >= 15 is 0 Å². The van der Waals surface area contributed by atoms with Crippen LogP contribution in [-0.4, -0.2) is 0 Å². The van der Waals surface area contributed by atoms with E-state index in [1.165, 1.54) is 6.07 Å². The van der Waals surface area contributed by atoms with Gasteiger partial charge in [-0.1, -0.05) is 0 Å². The number of hydrogen-bond acceptors (Lipinski definition) is 1. The average Bonchev–Trinajstić information content (AvgIpc) is 2.31. The van der Waals surface area contributed by atoms with Gasteiger partial charge in [-0.05, 0) is 56.7 Å². The van der Waals surface area contributed by atoms with E-state index in [1.54, 1.807) is 17.4 Å². The Hall–Kier alpha value is 0.320. The molecule has 0 N–H and O–H groups in total. The predicted molar refractivity (Wildman–Crippen MR) is 62.2 cm³/mol. The quantitative estimate of drug-likeness (QED) is 0.613. The van der Waals surface area contributed by atoms with Gasteiger partial charge in [0.1, 0.15) is 5.82 Å². The van der Waals surface area contributed by atoms with Crippen molar-refractivity contribution in [2.45, 2.75) is 0 Å². The molecule has 4 heteroatoms. The van der Waals surface area contributed by atoms with Crippen LogP contribution >= 0.6 is 49.9 Å². The van der Waals surface area contributed by atoms with Crippen LogP contribution in [0.15, 0.2) is 22.0 Å². The smallest absolute Gasteiger partial charge is 0.123 e. The Morgan fingerprint density at radius 1 is 1.42 bits per heavy atom. The molecular weight excluding hydrogens is 354 g/mol. The summed E-state index contributed by atoms with van der Waals surface area (Å²) in [5.74, 6) is -0.175. The van der Waals surface area contributed by atoms with Crippen LogP contribution in [-0.2, 0) is 0 Å². The highest BCUT2D eigenvalue weighted by atomic mass is 127. The van der Waals surface area contributed by atoms with E-state index in [4.69, 9.17) is 0 Å². The van der Waals surface area contributed by atoms with Gasteiger partial charge >= 0.3 is 0 Å². The van der Waals surface area contributed by atoms with E-state index in [0.29, 0.717) is 0 Å². The molecule has 0 saturated carbocycles. The second-order valence-electron chi connectivity index (χ2n) is 2.33. The molecule has 0 aliphatic carbocycles. The Morgan fingerprint density at radius 3 is 2.92 bits per heavy atom. The Bertz CT molecular complexity index is 438. The standard InChI is InChI=1S/C8H3BrFIS/c9-8-7(11)5-3-4(10)1-2-6(5)12-8/h1-3H. The minimum Gasteiger partial charge on any atom is -0.207 e. The number of fused-ring (bicyclic) bond motifs is 1. The van der Waals surface area contributed by atoms with E-state index in [1.807, 2.05) is 6.07 Å². The third-order valence-electron chi connectivity index (χ3n) is 1.55. The van der Waals surface area contributed by atoms with Crippen molar-refractivity contribution in [1.82, 2.24) is 0 Å². The summed E-state index contributed by atoms with van der Waals surface area (Å²) < 4.78 is 16.1. The lowest BCUT2D eigenvalue weighted by Crippen LogP contribution is -1.72. The average molecular weight is 357 g/mol. The van der Waals surface area contributed by atoms with Crippen molar-refractivity contribution < 1.29 is 4.39 Å². The molecule has 2 aromatic rings. The van der Waals surface area contributed by atoms with Crippen molar-refractivity contribution in [2.75, 3.05) is 0 Å². The first-order valence-electron chi connectivity index (χ1n) is 3.21. The van der Waals surface area contributed by atoms with Gasteiger partial charge in [0.15, 0.2) is 0 Å². The minimum absolute atomic E-state index is 0.175. The third kappa shape index (κ3) is 1.40. The zero-order chi connectivity index (χ0) is 8.72. The molecule has 0 spiro atoms. The predicted octanol–water partition coefficient (Wildman–Crippen LogP) is 4.41. The molecule has 0 radical (unpaired) electrons. The lowest BCUT2D eigenvalue weighted by Gasteiger charge is -1.89. The summed E-state index contributed by atoms with van der Waals surface area (Å²) >= 11 is 7.26. The summed E-state index contributed by atoms with van der Waals surface area (Å²) in [7, 11) is 0. The Balaban J connectivity index is 2.88. The van der Waals surface area contributed by atoms with E-state index in [0.717, 1.165) is 17.4 Å². The van der Waals surface area contributed by atoms with Crippen LogP contribution in [0, 0.1) is 9.39 Å². The fourth-order valence-corrected chi connectivity index (χ4v) is 3.51. The van der Waals surface area contributed by atoms with Crippen LogP contribution in [0.5, 0.6) is 0 Å². The molecule has 0 aliphatic rings. The molecule has 1 heterocycles. The Kier molecular flexibility index (Phi) is 2.39. The van der Waals surface area contributed by atoms with Gasteiger partial charge in [-0.2, -0.15) is 0 Å². The first-order chi connectivity index (χ1) is 5.68. The molecule has 12 heavy (non-hydrogen) atoms. The van der Waals surface area contributed by atoms with Crippen LogP contribution in [0.25, 0.3) is 10.1 Å². The number of hydrogen-bond donors (Lipinski definition) is 0. The zero-order valence-corrected chi connectivity index (χ0v) is 10.3. The molecule has 0 saturated heterocycles. The fraction of sp³-hybridized carbons (Fsp3) is 0. The van der Waals surface area contributed by atoms with Crippen molar-refractivity contribution >= 4 is 59.9 Å². The largest absolute Gasteiger partial charge is 0.207 e. The topological polar surface area (TPSA) is 0 Å². The van der Waals surface area contributed by atoms with Gasteiger partial charge in [0.05, 0.1) is 3.79 Å². The Morgan fingerprint density at radius 2 is 2.17 bits per heavy atom. The summed E-state index contributed by atoms with van der Waals surface area (Å²) in [6.45, 7) is 0. The van der Waals surface area contributed by atoms with E-state index < -0.39 is 0 Å². The lowest BCUT2D eigenvalue weighted by atomic mass is 10.3.